The number of halogens is 2. The third kappa shape index (κ3) is 3.41. The third-order valence-electron chi connectivity index (χ3n) is 3.79. The highest BCUT2D eigenvalue weighted by molar-refractivity contribution is 9.11. The molecule has 0 bridgehead atoms. The van der Waals surface area contributed by atoms with Gasteiger partial charge in [0.1, 0.15) is 17.2 Å². The molecule has 0 aliphatic carbocycles. The van der Waals surface area contributed by atoms with Crippen LogP contribution in [0.2, 0.25) is 0 Å². The number of anilines is 2. The zero-order valence-electron chi connectivity index (χ0n) is 14.0. The number of hydrogen-bond donors (Lipinski definition) is 3. The summed E-state index contributed by atoms with van der Waals surface area (Å²) >= 11 is 6.71. The van der Waals surface area contributed by atoms with Crippen molar-refractivity contribution in [3.63, 3.8) is 0 Å². The van der Waals surface area contributed by atoms with Crippen LogP contribution < -0.4 is 11.2 Å². The van der Waals surface area contributed by atoms with Crippen LogP contribution in [-0.4, -0.2) is 31.1 Å². The maximum Gasteiger partial charge on any atom is 0.245 e. The summed E-state index contributed by atoms with van der Waals surface area (Å²) in [7, 11) is 0. The van der Waals surface area contributed by atoms with E-state index in [-0.39, 0.29) is 28.4 Å². The molecule has 0 atom stereocenters. The number of phenols is 1. The minimum Gasteiger partial charge on any atom is -0.506 e. The van der Waals surface area contributed by atoms with Gasteiger partial charge in [0.15, 0.2) is 5.82 Å². The zero-order chi connectivity index (χ0) is 19.7. The van der Waals surface area contributed by atoms with Crippen molar-refractivity contribution in [3.05, 3.63) is 62.7 Å². The van der Waals surface area contributed by atoms with Crippen molar-refractivity contribution >= 4 is 60.4 Å². The van der Waals surface area contributed by atoms with E-state index < -0.39 is 0 Å². The molecule has 0 amide bonds. The Morgan fingerprint density at radius 1 is 1.07 bits per heavy atom. The molecular weight excluding hydrogens is 494 g/mol. The maximum absolute atomic E-state index is 10.5. The third-order valence-corrected chi connectivity index (χ3v) is 4.85. The van der Waals surface area contributed by atoms with Crippen molar-refractivity contribution in [2.24, 2.45) is 10.9 Å². The smallest absolute Gasteiger partial charge is 0.245 e. The molecule has 4 rings (SSSR count). The number of rotatable bonds is 4. The number of aromatic nitrogens is 4. The number of fused-ring (bicyclic) bond motifs is 1. The first kappa shape index (κ1) is 18.3. The summed E-state index contributed by atoms with van der Waals surface area (Å²) in [4.78, 5) is 8.85. The first-order valence-electron chi connectivity index (χ1n) is 7.86. The number of aromatic hydroxyl groups is 1. The Balaban J connectivity index is 1.92. The lowest BCUT2D eigenvalue weighted by Gasteiger charge is -2.13. The summed E-state index contributed by atoms with van der Waals surface area (Å²) in [6, 6.07) is 12.7. The Bertz CT molecular complexity index is 1200. The number of phenolic OH excluding ortho intramolecular Hbond substituents is 1. The number of para-hydroxylation sites is 1. The fourth-order valence-corrected chi connectivity index (χ4v) is 3.78. The molecule has 2 heterocycles. The van der Waals surface area contributed by atoms with Crippen molar-refractivity contribution in [1.82, 2.24) is 20.3 Å². The van der Waals surface area contributed by atoms with Crippen molar-refractivity contribution in [1.29, 1.82) is 0 Å². The zero-order valence-corrected chi connectivity index (χ0v) is 17.1. The van der Waals surface area contributed by atoms with E-state index in [2.05, 4.69) is 62.6 Å². The molecule has 0 fully saturated rings. The van der Waals surface area contributed by atoms with Gasteiger partial charge in [-0.3, -0.25) is 0 Å². The molecule has 0 aliphatic rings. The molecule has 28 heavy (non-hydrogen) atoms. The summed E-state index contributed by atoms with van der Waals surface area (Å²) in [6.45, 7) is 0. The molecule has 140 valence electrons. The first-order valence-corrected chi connectivity index (χ1v) is 9.44. The van der Waals surface area contributed by atoms with E-state index in [9.17, 15) is 5.11 Å². The van der Waals surface area contributed by atoms with E-state index in [1.807, 2.05) is 30.3 Å². The van der Waals surface area contributed by atoms with Gasteiger partial charge in [-0.1, -0.05) is 34.1 Å². The Kier molecular flexibility index (Phi) is 4.92. The van der Waals surface area contributed by atoms with E-state index in [0.717, 1.165) is 5.69 Å². The van der Waals surface area contributed by atoms with Crippen LogP contribution in [0.5, 0.6) is 5.75 Å². The highest BCUT2D eigenvalue weighted by atomic mass is 79.9. The second-order valence-corrected chi connectivity index (χ2v) is 7.35. The van der Waals surface area contributed by atoms with Crippen LogP contribution in [0.4, 0.5) is 11.5 Å². The molecule has 0 spiro atoms. The summed E-state index contributed by atoms with van der Waals surface area (Å²) in [5.41, 5.74) is 2.00. The Labute approximate surface area is 174 Å². The van der Waals surface area contributed by atoms with Crippen LogP contribution in [0.3, 0.4) is 0 Å². The van der Waals surface area contributed by atoms with Crippen LogP contribution in [0, 0.1) is 0 Å². The molecule has 9 nitrogen and oxygen atoms in total. The van der Waals surface area contributed by atoms with E-state index in [0.29, 0.717) is 20.3 Å². The molecule has 0 saturated carbocycles. The van der Waals surface area contributed by atoms with Gasteiger partial charge in [0.25, 0.3) is 0 Å². The first-order chi connectivity index (χ1) is 13.6. The standard InChI is InChI=1S/C17H11Br2N7O2/c18-8-6-10(14(27)11(19)7-8)12(24-20)13-15(21-9-4-2-1-3-5-9)23-17-16(22-13)25-28-26-17/h1-7,27H,20H2,(H,21,23,26). The lowest BCUT2D eigenvalue weighted by molar-refractivity contribution is 0.314. The van der Waals surface area contributed by atoms with Gasteiger partial charge in [-0.2, -0.15) is 5.10 Å². The van der Waals surface area contributed by atoms with Gasteiger partial charge in [-0.15, -0.1) is 0 Å². The Morgan fingerprint density at radius 2 is 1.79 bits per heavy atom. The van der Waals surface area contributed by atoms with E-state index in [1.165, 1.54) is 0 Å². The van der Waals surface area contributed by atoms with Gasteiger partial charge < -0.3 is 16.3 Å². The predicted molar refractivity (Wildman–Crippen MR) is 110 cm³/mol. The van der Waals surface area contributed by atoms with Gasteiger partial charge in [-0.05, 0) is 50.5 Å². The topological polar surface area (TPSA) is 135 Å². The van der Waals surface area contributed by atoms with E-state index in [4.69, 9.17) is 10.5 Å². The molecule has 2 aromatic heterocycles. The van der Waals surface area contributed by atoms with Crippen LogP contribution in [-0.2, 0) is 0 Å². The van der Waals surface area contributed by atoms with Gasteiger partial charge >= 0.3 is 0 Å². The lowest BCUT2D eigenvalue weighted by atomic mass is 10.1. The fourth-order valence-electron chi connectivity index (χ4n) is 2.55. The molecule has 0 saturated heterocycles. The molecule has 4 N–H and O–H groups in total. The monoisotopic (exact) mass is 503 g/mol. The van der Waals surface area contributed by atoms with Crippen LogP contribution in [0.25, 0.3) is 11.3 Å². The summed E-state index contributed by atoms with van der Waals surface area (Å²) < 4.78 is 5.89. The molecule has 0 radical (unpaired) electrons. The Morgan fingerprint density at radius 3 is 2.50 bits per heavy atom. The maximum atomic E-state index is 10.5. The number of nitrogens with one attached hydrogen (secondary N) is 1. The van der Waals surface area contributed by atoms with Gasteiger partial charge in [0.2, 0.25) is 11.3 Å². The lowest BCUT2D eigenvalue weighted by Crippen LogP contribution is -2.14. The number of nitrogens with two attached hydrogens (primary N) is 1. The molecular formula is C17H11Br2N7O2. The summed E-state index contributed by atoms with van der Waals surface area (Å²) in [6.07, 6.45) is 0. The number of benzene rings is 2. The van der Waals surface area contributed by atoms with Crippen molar-refractivity contribution in [2.75, 3.05) is 5.32 Å². The number of nitrogens with zero attached hydrogens (tertiary/aromatic N) is 5. The molecule has 0 unspecified atom stereocenters. The van der Waals surface area contributed by atoms with Gasteiger partial charge in [0.05, 0.1) is 4.47 Å². The average molecular weight is 505 g/mol. The minimum atomic E-state index is -0.0433. The van der Waals surface area contributed by atoms with Crippen LogP contribution >= 0.6 is 31.9 Å². The van der Waals surface area contributed by atoms with Crippen molar-refractivity contribution in [3.8, 4) is 5.75 Å². The predicted octanol–water partition coefficient (Wildman–Crippen LogP) is 3.70. The SMILES string of the molecule is NN=C(c1cc(Br)cc(Br)c1O)c1nc2nonc2nc1Nc1ccccc1. The summed E-state index contributed by atoms with van der Waals surface area (Å²) in [5.74, 6) is 5.96. The summed E-state index contributed by atoms with van der Waals surface area (Å²) in [5, 5.41) is 25.0. The van der Waals surface area contributed by atoms with E-state index in [1.54, 1.807) is 12.1 Å². The number of hydrazone groups is 1. The van der Waals surface area contributed by atoms with Crippen LogP contribution in [0.15, 0.2) is 61.1 Å². The molecule has 11 heteroatoms. The second-order valence-electron chi connectivity index (χ2n) is 5.58. The molecule has 2 aromatic carbocycles. The quantitative estimate of drug-likeness (QED) is 0.217. The Hall–Kier alpha value is -3.05. The molecule has 4 aromatic rings. The number of hydrogen-bond acceptors (Lipinski definition) is 9. The highest BCUT2D eigenvalue weighted by Crippen LogP contribution is 2.34. The van der Waals surface area contributed by atoms with E-state index >= 15 is 0 Å². The minimum absolute atomic E-state index is 0.0433. The normalized spacial score (nSPS) is 11.7. The second kappa shape index (κ2) is 7.52. The van der Waals surface area contributed by atoms with Crippen molar-refractivity contribution in [2.45, 2.75) is 0 Å². The fraction of sp³-hybridized carbons (Fsp3) is 0. The van der Waals surface area contributed by atoms with Gasteiger partial charge in [-0.25, -0.2) is 14.6 Å². The van der Waals surface area contributed by atoms with Crippen molar-refractivity contribution < 1.29 is 9.74 Å². The van der Waals surface area contributed by atoms with Gasteiger partial charge in [0, 0.05) is 15.7 Å². The molecule has 0 aliphatic heterocycles. The average Bonchev–Trinajstić information content (AvgIpc) is 3.14. The highest BCUT2D eigenvalue weighted by Gasteiger charge is 2.23. The van der Waals surface area contributed by atoms with Crippen LogP contribution in [0.1, 0.15) is 11.3 Å². The largest absolute Gasteiger partial charge is 0.506 e.